The topological polar surface area (TPSA) is 226 Å². The zero-order valence-corrected chi connectivity index (χ0v) is 61.5. The molecule has 3 fully saturated rings. The van der Waals surface area contributed by atoms with Gasteiger partial charge in [-0.15, -0.1) is 0 Å². The Kier molecular flexibility index (Phi) is 26.9. The van der Waals surface area contributed by atoms with Crippen LogP contribution in [0.1, 0.15) is 172 Å². The lowest BCUT2D eigenvalue weighted by Gasteiger charge is -2.58. The summed E-state index contributed by atoms with van der Waals surface area (Å²) in [4.78, 5) is 79.8. The van der Waals surface area contributed by atoms with Crippen molar-refractivity contribution < 1.29 is 47.8 Å². The highest BCUT2D eigenvalue weighted by molar-refractivity contribution is 6.42. The number of nitrogens with zero attached hydrogens (tertiary/aromatic N) is 1. The number of nitro groups is 1. The van der Waals surface area contributed by atoms with E-state index >= 15 is 0 Å². The summed E-state index contributed by atoms with van der Waals surface area (Å²) in [5, 5.41) is 27.3. The number of halogens is 2. The number of unbranched alkanes of at least 4 members (excludes halogenated alkanes) is 1. The van der Waals surface area contributed by atoms with Crippen LogP contribution in [0.5, 0.6) is 11.5 Å². The van der Waals surface area contributed by atoms with Gasteiger partial charge in [0.2, 0.25) is 23.6 Å². The first-order valence-corrected chi connectivity index (χ1v) is 37.5. The minimum atomic E-state index is -1.21. The maximum atomic E-state index is 14.8. The molecule has 0 aromatic heterocycles. The summed E-state index contributed by atoms with van der Waals surface area (Å²) >= 11 is 12.8. The van der Waals surface area contributed by atoms with Gasteiger partial charge in [-0.25, -0.2) is 4.79 Å². The highest BCUT2D eigenvalue weighted by Crippen LogP contribution is 2.67. The highest BCUT2D eigenvalue weighted by atomic mass is 35.5. The number of carbonyl (C=O) groups is 5. The zero-order valence-electron chi connectivity index (χ0n) is 60.0. The third-order valence-corrected chi connectivity index (χ3v) is 23.4. The van der Waals surface area contributed by atoms with E-state index in [1.807, 2.05) is 60.7 Å². The lowest BCUT2D eigenvalue weighted by atomic mass is 9.47. The number of non-ortho nitro benzene ring substituents is 1. The van der Waals surface area contributed by atoms with E-state index in [-0.39, 0.29) is 66.2 Å². The Labute approximate surface area is 611 Å². The van der Waals surface area contributed by atoms with Gasteiger partial charge in [0.1, 0.15) is 30.2 Å². The molecule has 0 radical (unpaired) electrons. The molecule has 0 spiro atoms. The minimum absolute atomic E-state index is 0.0203. The van der Waals surface area contributed by atoms with E-state index in [9.17, 15) is 34.1 Å². The summed E-state index contributed by atoms with van der Waals surface area (Å²) in [7, 11) is 1.63. The average molecular weight is 1430 g/mol. The number of amides is 4. The van der Waals surface area contributed by atoms with Crippen molar-refractivity contribution in [1.29, 1.82) is 0 Å². The summed E-state index contributed by atoms with van der Waals surface area (Å²) in [5.41, 5.74) is 5.88. The van der Waals surface area contributed by atoms with Gasteiger partial charge in [0.15, 0.2) is 0 Å². The number of benzene rings is 6. The van der Waals surface area contributed by atoms with Crippen molar-refractivity contribution >= 4 is 64.4 Å². The number of ether oxygens (including phenoxy) is 4. The molecule has 0 saturated heterocycles. The Morgan fingerprint density at radius 2 is 1.33 bits per heavy atom. The van der Waals surface area contributed by atoms with Gasteiger partial charge in [-0.05, 0) is 206 Å². The molecule has 0 unspecified atom stereocenters. The Morgan fingerprint density at radius 1 is 0.657 bits per heavy atom. The van der Waals surface area contributed by atoms with E-state index in [0.717, 1.165) is 77.2 Å². The maximum absolute atomic E-state index is 14.8. The fourth-order valence-corrected chi connectivity index (χ4v) is 17.5. The molecule has 544 valence electrons. The van der Waals surface area contributed by atoms with Crippen LogP contribution in [0.4, 0.5) is 16.2 Å². The highest BCUT2D eigenvalue weighted by Gasteiger charge is 2.59. The normalized spacial score (nSPS) is 21.5. The number of carbonyl (C=O) groups excluding carboxylic acids is 5. The largest absolute Gasteiger partial charge is 0.514 e. The Morgan fingerprint density at radius 3 is 2.01 bits per heavy atom. The van der Waals surface area contributed by atoms with Gasteiger partial charge >= 0.3 is 6.16 Å². The van der Waals surface area contributed by atoms with Crippen LogP contribution in [-0.2, 0) is 47.2 Å². The number of rotatable bonds is 34. The second-order valence-electron chi connectivity index (χ2n) is 29.6. The van der Waals surface area contributed by atoms with E-state index in [1.165, 1.54) is 75.6 Å². The van der Waals surface area contributed by atoms with Crippen molar-refractivity contribution in [3.63, 3.8) is 0 Å². The molecular formula is C83H102Cl2N6O11. The third kappa shape index (κ3) is 19.4. The molecule has 0 bridgehead atoms. The second-order valence-corrected chi connectivity index (χ2v) is 30.4. The molecule has 0 heterocycles. The number of fused-ring (bicyclic) bond motifs is 5. The molecule has 102 heavy (non-hydrogen) atoms. The molecule has 10 rings (SSSR count). The molecule has 4 aliphatic carbocycles. The molecule has 19 heteroatoms. The van der Waals surface area contributed by atoms with Crippen LogP contribution in [0.15, 0.2) is 163 Å². The minimum Gasteiger partial charge on any atom is -0.497 e. The Bertz CT molecular complexity index is 3780. The van der Waals surface area contributed by atoms with Gasteiger partial charge in [-0.3, -0.25) is 34.6 Å². The lowest BCUT2D eigenvalue weighted by molar-refractivity contribution is -0.384. The molecule has 6 aromatic rings. The number of nitro benzene ring substituents is 1. The van der Waals surface area contributed by atoms with Crippen molar-refractivity contribution in [2.75, 3.05) is 32.1 Å². The number of hydrogen-bond acceptors (Lipinski definition) is 12. The fraction of sp³-hybridized carbons (Fsp3) is 0.482. The van der Waals surface area contributed by atoms with Gasteiger partial charge in [0, 0.05) is 50.2 Å². The van der Waals surface area contributed by atoms with E-state index < -0.39 is 46.4 Å². The predicted molar refractivity (Wildman–Crippen MR) is 400 cm³/mol. The second kappa shape index (κ2) is 35.9. The first-order chi connectivity index (χ1) is 49.1. The molecule has 17 nitrogen and oxygen atoms in total. The van der Waals surface area contributed by atoms with Crippen molar-refractivity contribution in [2.24, 2.45) is 46.3 Å². The fourth-order valence-electron chi connectivity index (χ4n) is 17.2. The van der Waals surface area contributed by atoms with Crippen molar-refractivity contribution in [2.45, 2.75) is 181 Å². The summed E-state index contributed by atoms with van der Waals surface area (Å²) < 4.78 is 22.6. The SMILES string of the molecule is COc1ccc(C(NCCCC[C@H](NC(=O)[C@H](Cc2ccc(Cl)c(Cl)c2)NC(=O)CCC(=O)NCCCO[C@H]2CC[C@@]3(C)C(=CC[C@H]4[C@@H]5CC[C@H]([C@H](C)CCCC(C)C)[C@@]5(C)CC[C@@H]43)C2)C(=O)Nc2ccc(COC(=O)Oc3ccc([N+](=O)[O-])cc3)cc2)(c2ccccc2)c2ccccc2)cc1. The number of allylic oxidation sites excluding steroid dienone is 1. The third-order valence-electron chi connectivity index (χ3n) is 22.6. The number of methoxy groups -OCH3 is 1. The molecular weight excluding hydrogens is 1330 g/mol. The standard InChI is InChI=1S/C83H102Cl2N6O11/c1-55(2)17-15-18-56(3)69-39-40-70-68-38-29-62-53-67(44-46-81(62,4)71(68)45-47-82(69,70)5)100-50-16-48-86-76(92)42-43-77(93)89-75(52-58-26-41-72(84)73(85)51-58)79(95)90-74(78(94)88-63-30-24-57(25-31-63)54-101-80(96)102-66-36-32-64(33-37-66)91(97)98)23-13-14-49-87-83(59-19-9-7-10-20-59,60-21-11-8-12-22-60)61-27-34-65(99-6)35-28-61/h7-12,19-22,24-37,41,51,55-56,67-71,74-75,87H,13-18,23,38-40,42-50,52-54H2,1-6H3,(H,86,92)(H,88,94)(H,89,93)(H,90,95)/t56-,67+,68+,69-,70+,71+,74+,75+,81+,82-/m1/s1. The van der Waals surface area contributed by atoms with Crippen molar-refractivity contribution in [3.8, 4) is 11.5 Å². The zero-order chi connectivity index (χ0) is 72.4. The van der Waals surface area contributed by atoms with Gasteiger partial charge in [-0.1, -0.05) is 180 Å². The van der Waals surface area contributed by atoms with Gasteiger partial charge in [-0.2, -0.15) is 0 Å². The van der Waals surface area contributed by atoms with E-state index in [0.29, 0.717) is 66.2 Å². The van der Waals surface area contributed by atoms with E-state index in [1.54, 1.807) is 55.1 Å². The van der Waals surface area contributed by atoms with Crippen LogP contribution >= 0.6 is 23.2 Å². The van der Waals surface area contributed by atoms with Crippen LogP contribution in [0.2, 0.25) is 10.0 Å². The summed E-state index contributed by atoms with van der Waals surface area (Å²) in [6.07, 6.45) is 17.2. The lowest BCUT2D eigenvalue weighted by Crippen LogP contribution is -2.53. The number of nitrogens with one attached hydrogen (secondary N) is 5. The van der Waals surface area contributed by atoms with Crippen LogP contribution in [0.25, 0.3) is 0 Å². The van der Waals surface area contributed by atoms with E-state index in [2.05, 4.69) is 91.5 Å². The number of hydrogen-bond donors (Lipinski definition) is 5. The molecule has 5 N–H and O–H groups in total. The van der Waals surface area contributed by atoms with Gasteiger partial charge in [0.25, 0.3) is 5.69 Å². The summed E-state index contributed by atoms with van der Waals surface area (Å²) in [6.45, 7) is 13.7. The molecule has 3 saturated carbocycles. The predicted octanol–water partition coefficient (Wildman–Crippen LogP) is 17.2. The Hall–Kier alpha value is -8.09. The van der Waals surface area contributed by atoms with Crippen LogP contribution in [0.3, 0.4) is 0 Å². The smallest absolute Gasteiger partial charge is 0.497 e. The maximum Gasteiger partial charge on any atom is 0.514 e. The first-order valence-electron chi connectivity index (χ1n) is 36.8. The van der Waals surface area contributed by atoms with Crippen LogP contribution in [0, 0.1) is 56.5 Å². The quantitative estimate of drug-likeness (QED) is 0.00484. The van der Waals surface area contributed by atoms with Crippen LogP contribution < -0.4 is 36.1 Å². The van der Waals surface area contributed by atoms with Crippen molar-refractivity contribution in [1.82, 2.24) is 21.3 Å². The molecule has 6 aromatic carbocycles. The molecule has 4 aliphatic rings. The molecule has 4 amide bonds. The van der Waals surface area contributed by atoms with Crippen LogP contribution in [-0.4, -0.2) is 79.7 Å². The van der Waals surface area contributed by atoms with Gasteiger partial charge in [0.05, 0.1) is 33.7 Å². The van der Waals surface area contributed by atoms with Crippen molar-refractivity contribution in [3.05, 3.63) is 211 Å². The summed E-state index contributed by atoms with van der Waals surface area (Å²) in [5.74, 6) is 3.54. The van der Waals surface area contributed by atoms with Gasteiger partial charge < -0.3 is 40.2 Å². The first kappa shape index (κ1) is 76.5. The molecule has 10 atom stereocenters. The summed E-state index contributed by atoms with van der Waals surface area (Å²) in [6, 6.07) is 42.5. The molecule has 0 aliphatic heterocycles. The van der Waals surface area contributed by atoms with E-state index in [4.69, 9.17) is 42.1 Å². The monoisotopic (exact) mass is 1430 g/mol. The number of anilines is 1. The Balaban J connectivity index is 0.750. The average Bonchev–Trinajstić information content (AvgIpc) is 1.41.